The van der Waals surface area contributed by atoms with Gasteiger partial charge in [0.25, 0.3) is 0 Å². The van der Waals surface area contributed by atoms with Crippen LogP contribution in [0.25, 0.3) is 0 Å². The topological polar surface area (TPSA) is 77.9 Å². The second-order valence-corrected chi connectivity index (χ2v) is 6.83. The van der Waals surface area contributed by atoms with E-state index in [4.69, 9.17) is 5.11 Å². The minimum atomic E-state index is -0.884. The monoisotopic (exact) mass is 344 g/mol. The molecule has 1 aromatic rings. The highest BCUT2D eigenvalue weighted by molar-refractivity contribution is 5.89. The lowest BCUT2D eigenvalue weighted by Gasteiger charge is -2.35. The highest BCUT2D eigenvalue weighted by Gasteiger charge is 2.50. The molecular formula is C19H24N2O4. The van der Waals surface area contributed by atoms with Crippen molar-refractivity contribution in [2.45, 2.75) is 25.7 Å². The summed E-state index contributed by atoms with van der Waals surface area (Å²) in [5, 5.41) is 8.93. The molecule has 1 saturated carbocycles. The molecule has 2 unspecified atom stereocenters. The first kappa shape index (κ1) is 17.5. The maximum atomic E-state index is 12.3. The number of hydrogen-bond acceptors (Lipinski definition) is 3. The summed E-state index contributed by atoms with van der Waals surface area (Å²) in [7, 11) is 0. The molecule has 1 N–H and O–H groups in total. The number of rotatable bonds is 6. The minimum absolute atomic E-state index is 0.0661. The van der Waals surface area contributed by atoms with E-state index in [0.29, 0.717) is 39.0 Å². The zero-order valence-electron chi connectivity index (χ0n) is 14.3. The molecule has 2 fully saturated rings. The molecule has 6 heteroatoms. The van der Waals surface area contributed by atoms with Crippen molar-refractivity contribution in [3.8, 4) is 0 Å². The zero-order valence-corrected chi connectivity index (χ0v) is 14.3. The number of carboxylic acid groups (broad SMARTS) is 1. The first-order chi connectivity index (χ1) is 12.1. The second-order valence-electron chi connectivity index (χ2n) is 6.83. The molecule has 0 aromatic heterocycles. The summed E-state index contributed by atoms with van der Waals surface area (Å²) in [4.78, 5) is 38.9. The third kappa shape index (κ3) is 4.38. The lowest BCUT2D eigenvalue weighted by Crippen LogP contribution is -2.51. The van der Waals surface area contributed by atoms with Crippen molar-refractivity contribution >= 4 is 17.8 Å². The van der Waals surface area contributed by atoms with Crippen LogP contribution in [0.15, 0.2) is 30.3 Å². The largest absolute Gasteiger partial charge is 0.481 e. The van der Waals surface area contributed by atoms with Crippen molar-refractivity contribution < 1.29 is 19.5 Å². The van der Waals surface area contributed by atoms with Gasteiger partial charge in [0.2, 0.25) is 11.8 Å². The molecule has 3 rings (SSSR count). The number of carbonyl (C=O) groups is 3. The van der Waals surface area contributed by atoms with Gasteiger partial charge in [0.1, 0.15) is 0 Å². The van der Waals surface area contributed by atoms with Crippen LogP contribution < -0.4 is 0 Å². The Morgan fingerprint density at radius 1 is 0.960 bits per heavy atom. The third-order valence-electron chi connectivity index (χ3n) is 5.07. The van der Waals surface area contributed by atoms with Crippen molar-refractivity contribution in [3.63, 3.8) is 0 Å². The fourth-order valence-corrected chi connectivity index (χ4v) is 3.40. The Bertz CT molecular complexity index is 638. The maximum Gasteiger partial charge on any atom is 0.307 e. The number of carbonyl (C=O) groups excluding carboxylic acids is 2. The van der Waals surface area contributed by atoms with Gasteiger partial charge in [-0.3, -0.25) is 14.4 Å². The van der Waals surface area contributed by atoms with E-state index in [1.54, 1.807) is 4.90 Å². The van der Waals surface area contributed by atoms with Crippen molar-refractivity contribution in [1.29, 1.82) is 0 Å². The summed E-state index contributed by atoms with van der Waals surface area (Å²) < 4.78 is 0. The van der Waals surface area contributed by atoms with Gasteiger partial charge in [0, 0.05) is 32.6 Å². The van der Waals surface area contributed by atoms with Crippen LogP contribution in [0.5, 0.6) is 0 Å². The highest BCUT2D eigenvalue weighted by atomic mass is 16.4. The molecule has 2 aliphatic rings. The van der Waals surface area contributed by atoms with Gasteiger partial charge in [-0.1, -0.05) is 30.3 Å². The van der Waals surface area contributed by atoms with Gasteiger partial charge in [-0.05, 0) is 24.8 Å². The van der Waals surface area contributed by atoms with E-state index >= 15 is 0 Å². The van der Waals surface area contributed by atoms with Gasteiger partial charge in [-0.25, -0.2) is 0 Å². The molecule has 6 nitrogen and oxygen atoms in total. The van der Waals surface area contributed by atoms with Gasteiger partial charge in [-0.15, -0.1) is 0 Å². The number of amides is 2. The van der Waals surface area contributed by atoms with Crippen LogP contribution in [0.1, 0.15) is 24.8 Å². The first-order valence-corrected chi connectivity index (χ1v) is 8.89. The average molecular weight is 344 g/mol. The fraction of sp³-hybridized carbons (Fsp3) is 0.526. The number of piperazine rings is 1. The predicted octanol–water partition coefficient (Wildman–Crippen LogP) is 1.40. The van der Waals surface area contributed by atoms with Crippen LogP contribution in [0.4, 0.5) is 0 Å². The van der Waals surface area contributed by atoms with Gasteiger partial charge in [0.05, 0.1) is 11.8 Å². The summed E-state index contributed by atoms with van der Waals surface area (Å²) >= 11 is 0. The molecule has 0 spiro atoms. The number of aryl methyl sites for hydroxylation is 1. The van der Waals surface area contributed by atoms with E-state index in [2.05, 4.69) is 12.1 Å². The standard InChI is InChI=1S/C19H24N2O4/c22-17(8-4-7-14-5-2-1-3-6-14)20-9-11-21(12-10-20)18(23)15-13-16(15)19(24)25/h1-3,5-6,15-16H,4,7-13H2,(H,24,25). The van der Waals surface area contributed by atoms with E-state index in [0.717, 1.165) is 12.8 Å². The molecule has 1 saturated heterocycles. The van der Waals surface area contributed by atoms with Gasteiger partial charge < -0.3 is 14.9 Å². The van der Waals surface area contributed by atoms with E-state index in [1.807, 2.05) is 23.1 Å². The molecule has 1 heterocycles. The molecule has 0 bridgehead atoms. The smallest absolute Gasteiger partial charge is 0.307 e. The van der Waals surface area contributed by atoms with Crippen molar-refractivity contribution in [1.82, 2.24) is 9.80 Å². The van der Waals surface area contributed by atoms with Crippen LogP contribution in [-0.4, -0.2) is 58.9 Å². The minimum Gasteiger partial charge on any atom is -0.481 e. The molecule has 2 amide bonds. The lowest BCUT2D eigenvalue weighted by atomic mass is 10.1. The highest BCUT2D eigenvalue weighted by Crippen LogP contribution is 2.40. The van der Waals surface area contributed by atoms with Crippen LogP contribution >= 0.6 is 0 Å². The summed E-state index contributed by atoms with van der Waals surface area (Å²) in [5.41, 5.74) is 1.24. The Labute approximate surface area is 147 Å². The third-order valence-corrected chi connectivity index (χ3v) is 5.07. The normalized spacial score (nSPS) is 22.6. The van der Waals surface area contributed by atoms with E-state index in [1.165, 1.54) is 5.56 Å². The second kappa shape index (κ2) is 7.68. The van der Waals surface area contributed by atoms with Gasteiger partial charge >= 0.3 is 5.97 Å². The van der Waals surface area contributed by atoms with Crippen molar-refractivity contribution in [3.05, 3.63) is 35.9 Å². The number of nitrogens with zero attached hydrogens (tertiary/aromatic N) is 2. The Morgan fingerprint density at radius 3 is 2.20 bits per heavy atom. The molecule has 25 heavy (non-hydrogen) atoms. The van der Waals surface area contributed by atoms with E-state index in [9.17, 15) is 14.4 Å². The van der Waals surface area contributed by atoms with Crippen LogP contribution in [0.3, 0.4) is 0 Å². The molecule has 134 valence electrons. The Morgan fingerprint density at radius 2 is 1.60 bits per heavy atom. The number of aliphatic carboxylic acids is 1. The van der Waals surface area contributed by atoms with Crippen molar-refractivity contribution in [2.24, 2.45) is 11.8 Å². The predicted molar refractivity (Wildman–Crippen MR) is 91.8 cm³/mol. The SMILES string of the molecule is O=C(O)C1CC1C(=O)N1CCN(C(=O)CCCc2ccccc2)CC1. The molecular weight excluding hydrogens is 320 g/mol. The van der Waals surface area contributed by atoms with Gasteiger partial charge in [0.15, 0.2) is 0 Å². The zero-order chi connectivity index (χ0) is 17.8. The first-order valence-electron chi connectivity index (χ1n) is 8.89. The molecule has 0 radical (unpaired) electrons. The number of hydrogen-bond donors (Lipinski definition) is 1. The summed E-state index contributed by atoms with van der Waals surface area (Å²) in [6, 6.07) is 10.1. The van der Waals surface area contributed by atoms with Crippen LogP contribution in [0, 0.1) is 11.8 Å². The number of carboxylic acids is 1. The van der Waals surface area contributed by atoms with Gasteiger partial charge in [-0.2, -0.15) is 0 Å². The maximum absolute atomic E-state index is 12.3. The molecule has 1 aliphatic carbocycles. The quantitative estimate of drug-likeness (QED) is 0.846. The number of benzene rings is 1. The van der Waals surface area contributed by atoms with Crippen LogP contribution in [-0.2, 0) is 20.8 Å². The summed E-state index contributed by atoms with van der Waals surface area (Å²) in [6.45, 7) is 2.10. The van der Waals surface area contributed by atoms with Crippen LogP contribution in [0.2, 0.25) is 0 Å². The molecule has 2 atom stereocenters. The van der Waals surface area contributed by atoms with E-state index < -0.39 is 11.9 Å². The lowest BCUT2D eigenvalue weighted by molar-refractivity contribution is -0.143. The fourth-order valence-electron chi connectivity index (χ4n) is 3.40. The molecule has 1 aromatic carbocycles. The Hall–Kier alpha value is -2.37. The summed E-state index contributed by atoms with van der Waals surface area (Å²) in [6.07, 6.45) is 2.69. The molecule has 1 aliphatic heterocycles. The van der Waals surface area contributed by atoms with Crippen molar-refractivity contribution in [2.75, 3.05) is 26.2 Å². The van der Waals surface area contributed by atoms with E-state index in [-0.39, 0.29) is 17.7 Å². The Balaban J connectivity index is 1.38. The Kier molecular flexibility index (Phi) is 5.36. The summed E-state index contributed by atoms with van der Waals surface area (Å²) in [5.74, 6) is -1.68. The average Bonchev–Trinajstić information content (AvgIpc) is 3.43.